The number of hydrazone groups is 1. The lowest BCUT2D eigenvalue weighted by molar-refractivity contribution is 0.0301. The molecular weight excluding hydrogens is 446 g/mol. The van der Waals surface area contributed by atoms with E-state index in [1.165, 1.54) is 18.4 Å². The van der Waals surface area contributed by atoms with Crippen LogP contribution in [0.25, 0.3) is 0 Å². The van der Waals surface area contributed by atoms with Crippen molar-refractivity contribution in [3.05, 3.63) is 35.5 Å². The highest BCUT2D eigenvalue weighted by Crippen LogP contribution is 2.28. The third-order valence-corrected chi connectivity index (χ3v) is 6.63. The van der Waals surface area contributed by atoms with Crippen molar-refractivity contribution in [3.63, 3.8) is 0 Å². The molecule has 10 heteroatoms. The van der Waals surface area contributed by atoms with E-state index in [0.717, 1.165) is 32.4 Å². The van der Waals surface area contributed by atoms with Gasteiger partial charge >= 0.3 is 0 Å². The Bertz CT molecular complexity index is 958. The predicted molar refractivity (Wildman–Crippen MR) is 136 cm³/mol. The number of nitrogens with one attached hydrogen (secondary N) is 3. The van der Waals surface area contributed by atoms with Crippen LogP contribution in [0.5, 0.6) is 0 Å². The van der Waals surface area contributed by atoms with Crippen molar-refractivity contribution in [1.29, 1.82) is 0 Å². The molecule has 0 amide bonds. The normalized spacial score (nSPS) is 25.3. The smallest absolute Gasteiger partial charge is 0.240 e. The number of aromatic nitrogens is 1. The molecule has 4 rings (SSSR count). The lowest BCUT2D eigenvalue weighted by Gasteiger charge is -2.25. The summed E-state index contributed by atoms with van der Waals surface area (Å²) in [5.74, 6) is 1.71. The SMILES string of the molecule is CN/C(=N\c1nc(C(O)NC2CCCC2)oc1CN1CCOCC1)N/N=C/C1(C)C=C(C)C=CC1. The van der Waals surface area contributed by atoms with E-state index in [4.69, 9.17) is 9.15 Å². The van der Waals surface area contributed by atoms with Crippen molar-refractivity contribution >= 4 is 18.0 Å². The maximum absolute atomic E-state index is 10.7. The zero-order valence-corrected chi connectivity index (χ0v) is 21.1. The highest BCUT2D eigenvalue weighted by Gasteiger charge is 2.25. The van der Waals surface area contributed by atoms with E-state index in [0.29, 0.717) is 37.3 Å². The summed E-state index contributed by atoms with van der Waals surface area (Å²) in [5, 5.41) is 21.4. The second-order valence-corrected chi connectivity index (χ2v) is 9.82. The molecule has 0 aromatic carbocycles. The van der Waals surface area contributed by atoms with Gasteiger partial charge in [-0.15, -0.1) is 0 Å². The fourth-order valence-corrected chi connectivity index (χ4v) is 4.72. The summed E-state index contributed by atoms with van der Waals surface area (Å²) in [5.41, 5.74) is 4.07. The number of aliphatic hydroxyl groups is 1. The predicted octanol–water partition coefficient (Wildman–Crippen LogP) is 2.72. The van der Waals surface area contributed by atoms with E-state index in [1.807, 2.05) is 6.21 Å². The Morgan fingerprint density at radius 1 is 1.34 bits per heavy atom. The minimum absolute atomic E-state index is 0.150. The van der Waals surface area contributed by atoms with Crippen LogP contribution in [0.4, 0.5) is 5.82 Å². The van der Waals surface area contributed by atoms with Crippen molar-refractivity contribution in [2.45, 2.75) is 64.8 Å². The van der Waals surface area contributed by atoms with E-state index in [2.05, 4.69) is 68.1 Å². The first kappa shape index (κ1) is 25.6. The van der Waals surface area contributed by atoms with Gasteiger partial charge in [0.05, 0.1) is 19.8 Å². The largest absolute Gasteiger partial charge is 0.438 e. The summed E-state index contributed by atoms with van der Waals surface area (Å²) in [6.45, 7) is 7.76. The van der Waals surface area contributed by atoms with Crippen LogP contribution in [-0.2, 0) is 11.3 Å². The molecular formula is C25H39N7O3. The van der Waals surface area contributed by atoms with E-state index in [-0.39, 0.29) is 17.3 Å². The number of ether oxygens (including phenoxy) is 1. The number of nitrogens with zero attached hydrogens (tertiary/aromatic N) is 4. The standard InChI is InChI=1S/C25H39N7O3/c1-18-7-6-10-25(2,15-18)17-27-31-24(26-3)30-21-20(16-32-11-13-34-14-12-32)35-23(29-21)22(33)28-19-8-4-5-9-19/h6-7,15,17,19,22,28,33H,4-5,8-14,16H2,1-3H3,(H2,26,30,31)/b27-17+. The van der Waals surface area contributed by atoms with Gasteiger partial charge in [0.25, 0.3) is 0 Å². The first-order valence-electron chi connectivity index (χ1n) is 12.6. The Morgan fingerprint density at radius 3 is 2.83 bits per heavy atom. The number of aliphatic imine (C=N–C) groups is 1. The Hall–Kier alpha value is -2.53. The number of morpholine rings is 1. The third kappa shape index (κ3) is 7.23. The highest BCUT2D eigenvalue weighted by atomic mass is 16.5. The summed E-state index contributed by atoms with van der Waals surface area (Å²) in [6, 6.07) is 0.282. The van der Waals surface area contributed by atoms with Crippen LogP contribution in [0.2, 0.25) is 0 Å². The van der Waals surface area contributed by atoms with Crippen LogP contribution in [0.1, 0.15) is 63.8 Å². The van der Waals surface area contributed by atoms with Gasteiger partial charge in [-0.2, -0.15) is 15.1 Å². The molecule has 0 bridgehead atoms. The summed E-state index contributed by atoms with van der Waals surface area (Å²) in [4.78, 5) is 11.4. The van der Waals surface area contributed by atoms with Crippen molar-refractivity contribution in [2.75, 3.05) is 33.4 Å². The quantitative estimate of drug-likeness (QED) is 0.192. The minimum Gasteiger partial charge on any atom is -0.438 e. The van der Waals surface area contributed by atoms with Gasteiger partial charge in [-0.05, 0) is 26.2 Å². The van der Waals surface area contributed by atoms with E-state index in [9.17, 15) is 5.11 Å². The number of rotatable bonds is 8. The minimum atomic E-state index is -0.969. The Balaban J connectivity index is 1.50. The summed E-state index contributed by atoms with van der Waals surface area (Å²) < 4.78 is 11.5. The molecule has 1 aromatic rings. The molecule has 10 nitrogen and oxygen atoms in total. The van der Waals surface area contributed by atoms with Gasteiger partial charge in [0, 0.05) is 37.8 Å². The van der Waals surface area contributed by atoms with E-state index >= 15 is 0 Å². The van der Waals surface area contributed by atoms with Crippen LogP contribution in [0.3, 0.4) is 0 Å². The molecule has 3 aliphatic rings. The molecule has 1 aliphatic heterocycles. The van der Waals surface area contributed by atoms with Gasteiger partial charge in [-0.25, -0.2) is 5.43 Å². The van der Waals surface area contributed by atoms with Gasteiger partial charge in [0.1, 0.15) is 0 Å². The van der Waals surface area contributed by atoms with Crippen molar-refractivity contribution in [2.24, 2.45) is 15.5 Å². The molecule has 4 N–H and O–H groups in total. The van der Waals surface area contributed by atoms with Crippen LogP contribution < -0.4 is 16.1 Å². The molecule has 35 heavy (non-hydrogen) atoms. The van der Waals surface area contributed by atoms with Gasteiger partial charge in [0.15, 0.2) is 17.8 Å². The molecule has 1 aromatic heterocycles. The van der Waals surface area contributed by atoms with Crippen molar-refractivity contribution in [3.8, 4) is 0 Å². The van der Waals surface area contributed by atoms with Crippen LogP contribution in [0, 0.1) is 5.41 Å². The maximum Gasteiger partial charge on any atom is 0.240 e. The molecule has 0 spiro atoms. The molecule has 2 fully saturated rings. The van der Waals surface area contributed by atoms with Crippen molar-refractivity contribution < 1.29 is 14.3 Å². The number of hydrogen-bond donors (Lipinski definition) is 4. The van der Waals surface area contributed by atoms with Gasteiger partial charge in [-0.1, -0.05) is 43.6 Å². The zero-order chi connectivity index (χ0) is 24.7. The molecule has 0 radical (unpaired) electrons. The fourth-order valence-electron chi connectivity index (χ4n) is 4.72. The highest BCUT2D eigenvalue weighted by molar-refractivity contribution is 5.83. The first-order valence-corrected chi connectivity index (χ1v) is 12.6. The summed E-state index contributed by atoms with van der Waals surface area (Å²) >= 11 is 0. The summed E-state index contributed by atoms with van der Waals surface area (Å²) in [6.07, 6.45) is 12.8. The van der Waals surface area contributed by atoms with Crippen LogP contribution in [-0.4, -0.2) is 66.6 Å². The van der Waals surface area contributed by atoms with Gasteiger partial charge in [0.2, 0.25) is 11.9 Å². The van der Waals surface area contributed by atoms with Crippen LogP contribution >= 0.6 is 0 Å². The maximum atomic E-state index is 10.7. The second-order valence-electron chi connectivity index (χ2n) is 9.82. The Labute approximate surface area is 207 Å². The van der Waals surface area contributed by atoms with Crippen LogP contribution in [0.15, 0.2) is 38.3 Å². The topological polar surface area (TPSA) is 120 Å². The van der Waals surface area contributed by atoms with E-state index in [1.54, 1.807) is 7.05 Å². The Morgan fingerprint density at radius 2 is 2.11 bits per heavy atom. The third-order valence-electron chi connectivity index (χ3n) is 6.63. The average molecular weight is 486 g/mol. The number of allylic oxidation sites excluding steroid dienone is 4. The lowest BCUT2D eigenvalue weighted by Crippen LogP contribution is -2.35. The van der Waals surface area contributed by atoms with E-state index < -0.39 is 6.23 Å². The Kier molecular flexibility index (Phi) is 8.72. The lowest BCUT2D eigenvalue weighted by atomic mass is 9.83. The molecule has 1 saturated heterocycles. The molecule has 192 valence electrons. The van der Waals surface area contributed by atoms with Gasteiger partial charge < -0.3 is 19.6 Å². The average Bonchev–Trinajstić information content (AvgIpc) is 3.49. The number of hydrogen-bond acceptors (Lipinski definition) is 8. The number of aliphatic hydroxyl groups excluding tert-OH is 1. The zero-order valence-electron chi connectivity index (χ0n) is 21.1. The molecule has 1 saturated carbocycles. The number of oxazole rings is 1. The molecule has 2 aliphatic carbocycles. The van der Waals surface area contributed by atoms with Crippen molar-refractivity contribution in [1.82, 2.24) is 25.9 Å². The molecule has 2 atom stereocenters. The fraction of sp³-hybridized carbons (Fsp3) is 0.640. The second kappa shape index (κ2) is 11.9. The molecule has 2 unspecified atom stereocenters. The number of guanidine groups is 1. The molecule has 2 heterocycles. The monoisotopic (exact) mass is 485 g/mol. The first-order chi connectivity index (χ1) is 16.9. The van der Waals surface area contributed by atoms with Gasteiger partial charge in [-0.3, -0.25) is 10.2 Å². The summed E-state index contributed by atoms with van der Waals surface area (Å²) in [7, 11) is 1.77.